The fraction of sp³-hybridized carbons (Fsp3) is 0.385. The second kappa shape index (κ2) is 6.99. The summed E-state index contributed by atoms with van der Waals surface area (Å²) < 4.78 is 0. The number of hydrogen-bond acceptors (Lipinski definition) is 4. The number of benzene rings is 1. The predicted octanol–water partition coefficient (Wildman–Crippen LogP) is 1.70. The molecule has 1 fully saturated rings. The van der Waals surface area contributed by atoms with Crippen LogP contribution in [0.25, 0.3) is 0 Å². The second-order valence-corrected chi connectivity index (χ2v) is 4.47. The van der Waals surface area contributed by atoms with Gasteiger partial charge in [0.1, 0.15) is 0 Å². The Labute approximate surface area is 118 Å². The Morgan fingerprint density at radius 2 is 1.89 bits per heavy atom. The van der Waals surface area contributed by atoms with E-state index in [2.05, 4.69) is 10.0 Å². The Balaban J connectivity index is 0.00000180. The van der Waals surface area contributed by atoms with Crippen molar-refractivity contribution in [3.05, 3.63) is 29.8 Å². The van der Waals surface area contributed by atoms with E-state index in [1.165, 1.54) is 0 Å². The van der Waals surface area contributed by atoms with E-state index in [1.54, 1.807) is 6.21 Å². The molecule has 1 aliphatic heterocycles. The van der Waals surface area contributed by atoms with E-state index in [0.29, 0.717) is 12.8 Å². The minimum absolute atomic E-state index is 0. The maximum Gasteiger partial charge on any atom is 0.306 e. The lowest BCUT2D eigenvalue weighted by Gasteiger charge is -2.31. The summed E-state index contributed by atoms with van der Waals surface area (Å²) in [5, 5.41) is 12.4. The number of carbonyl (C=O) groups is 1. The zero-order valence-corrected chi connectivity index (χ0v) is 11.3. The van der Waals surface area contributed by atoms with Crippen LogP contribution >= 0.6 is 12.4 Å². The molecule has 1 saturated heterocycles. The van der Waals surface area contributed by atoms with Gasteiger partial charge in [-0.15, -0.1) is 12.4 Å². The standard InChI is InChI=1S/C13H17N3O2.ClH/c14-15-9-10-1-3-12(4-2-10)16-7-5-11(6-8-16)13(17)18;/h1-4,9,11H,5-8,14H2,(H,17,18);1H. The topological polar surface area (TPSA) is 78.9 Å². The maximum atomic E-state index is 10.9. The highest BCUT2D eigenvalue weighted by atomic mass is 35.5. The van der Waals surface area contributed by atoms with E-state index in [-0.39, 0.29) is 18.3 Å². The van der Waals surface area contributed by atoms with Crippen molar-refractivity contribution < 1.29 is 9.90 Å². The molecule has 0 aromatic heterocycles. The monoisotopic (exact) mass is 283 g/mol. The van der Waals surface area contributed by atoms with Crippen molar-refractivity contribution in [1.82, 2.24) is 0 Å². The average Bonchev–Trinajstić information content (AvgIpc) is 2.40. The molecule has 1 aromatic rings. The third-order valence-electron chi connectivity index (χ3n) is 3.33. The molecular weight excluding hydrogens is 266 g/mol. The van der Waals surface area contributed by atoms with E-state index < -0.39 is 5.97 Å². The highest BCUT2D eigenvalue weighted by molar-refractivity contribution is 5.85. The smallest absolute Gasteiger partial charge is 0.306 e. The van der Waals surface area contributed by atoms with Gasteiger partial charge in [-0.2, -0.15) is 5.10 Å². The lowest BCUT2D eigenvalue weighted by Crippen LogP contribution is -2.36. The molecule has 1 aliphatic rings. The minimum Gasteiger partial charge on any atom is -0.481 e. The van der Waals surface area contributed by atoms with Crippen molar-refractivity contribution >= 4 is 30.3 Å². The third-order valence-corrected chi connectivity index (χ3v) is 3.33. The van der Waals surface area contributed by atoms with Crippen LogP contribution in [-0.2, 0) is 4.79 Å². The van der Waals surface area contributed by atoms with Crippen molar-refractivity contribution in [1.29, 1.82) is 0 Å². The van der Waals surface area contributed by atoms with Gasteiger partial charge in [-0.25, -0.2) is 0 Å². The van der Waals surface area contributed by atoms with Gasteiger partial charge in [0.15, 0.2) is 0 Å². The largest absolute Gasteiger partial charge is 0.481 e. The molecular formula is C13H18ClN3O2. The van der Waals surface area contributed by atoms with E-state index in [1.807, 2.05) is 24.3 Å². The highest BCUT2D eigenvalue weighted by Crippen LogP contribution is 2.23. The van der Waals surface area contributed by atoms with Gasteiger partial charge < -0.3 is 15.8 Å². The van der Waals surface area contributed by atoms with Crippen molar-refractivity contribution in [2.75, 3.05) is 18.0 Å². The Morgan fingerprint density at radius 1 is 1.32 bits per heavy atom. The predicted molar refractivity (Wildman–Crippen MR) is 78.0 cm³/mol. The molecule has 0 radical (unpaired) electrons. The quantitative estimate of drug-likeness (QED) is 0.503. The summed E-state index contributed by atoms with van der Waals surface area (Å²) in [6.45, 7) is 1.59. The van der Waals surface area contributed by atoms with Gasteiger partial charge >= 0.3 is 5.97 Å². The molecule has 104 valence electrons. The molecule has 0 saturated carbocycles. The molecule has 3 N–H and O–H groups in total. The van der Waals surface area contributed by atoms with Crippen LogP contribution in [0.4, 0.5) is 5.69 Å². The molecule has 0 spiro atoms. The summed E-state index contributed by atoms with van der Waals surface area (Å²) in [5.41, 5.74) is 2.08. The first kappa shape index (κ1) is 15.3. The number of hydrazone groups is 1. The summed E-state index contributed by atoms with van der Waals surface area (Å²) in [6.07, 6.45) is 3.02. The van der Waals surface area contributed by atoms with Crippen LogP contribution < -0.4 is 10.7 Å². The lowest BCUT2D eigenvalue weighted by molar-refractivity contribution is -0.142. The zero-order valence-electron chi connectivity index (χ0n) is 10.5. The van der Waals surface area contributed by atoms with Crippen LogP contribution in [-0.4, -0.2) is 30.4 Å². The fourth-order valence-corrected chi connectivity index (χ4v) is 2.24. The zero-order chi connectivity index (χ0) is 13.0. The number of rotatable bonds is 3. The molecule has 2 rings (SSSR count). The number of halogens is 1. The first-order valence-corrected chi connectivity index (χ1v) is 6.02. The molecule has 0 aliphatic carbocycles. The SMILES string of the molecule is Cl.NN=Cc1ccc(N2CCC(C(=O)O)CC2)cc1. The van der Waals surface area contributed by atoms with Crippen LogP contribution in [0.15, 0.2) is 29.4 Å². The van der Waals surface area contributed by atoms with E-state index in [0.717, 1.165) is 24.3 Å². The number of carboxylic acids is 1. The fourth-order valence-electron chi connectivity index (χ4n) is 2.24. The lowest BCUT2D eigenvalue weighted by atomic mass is 9.96. The minimum atomic E-state index is -0.677. The Morgan fingerprint density at radius 3 is 2.37 bits per heavy atom. The summed E-state index contributed by atoms with van der Waals surface area (Å²) >= 11 is 0. The number of carboxylic acid groups (broad SMARTS) is 1. The first-order chi connectivity index (χ1) is 8.70. The summed E-state index contributed by atoms with van der Waals surface area (Å²) in [5.74, 6) is 4.22. The van der Waals surface area contributed by atoms with Gasteiger partial charge in [0.2, 0.25) is 0 Å². The first-order valence-electron chi connectivity index (χ1n) is 6.02. The van der Waals surface area contributed by atoms with Crippen LogP contribution in [0.3, 0.4) is 0 Å². The molecule has 5 nitrogen and oxygen atoms in total. The van der Waals surface area contributed by atoms with Crippen molar-refractivity contribution in [2.24, 2.45) is 16.9 Å². The number of nitrogens with two attached hydrogens (primary N) is 1. The van der Waals surface area contributed by atoms with Crippen LogP contribution in [0.1, 0.15) is 18.4 Å². The van der Waals surface area contributed by atoms with E-state index >= 15 is 0 Å². The highest BCUT2D eigenvalue weighted by Gasteiger charge is 2.24. The molecule has 0 atom stereocenters. The van der Waals surface area contributed by atoms with E-state index in [4.69, 9.17) is 10.9 Å². The number of hydrogen-bond donors (Lipinski definition) is 2. The third kappa shape index (κ3) is 3.86. The van der Waals surface area contributed by atoms with Crippen LogP contribution in [0, 0.1) is 5.92 Å². The molecule has 0 bridgehead atoms. The maximum absolute atomic E-state index is 10.9. The number of piperidine rings is 1. The van der Waals surface area contributed by atoms with Gasteiger partial charge in [0, 0.05) is 18.8 Å². The number of aliphatic carboxylic acids is 1. The summed E-state index contributed by atoms with van der Waals surface area (Å²) in [6, 6.07) is 7.93. The van der Waals surface area contributed by atoms with Gasteiger partial charge in [-0.05, 0) is 30.5 Å². The average molecular weight is 284 g/mol. The summed E-state index contributed by atoms with van der Waals surface area (Å²) in [4.78, 5) is 13.1. The molecule has 0 unspecified atom stereocenters. The van der Waals surface area contributed by atoms with Gasteiger partial charge in [0.05, 0.1) is 12.1 Å². The van der Waals surface area contributed by atoms with Crippen LogP contribution in [0.2, 0.25) is 0 Å². The molecule has 6 heteroatoms. The molecule has 19 heavy (non-hydrogen) atoms. The normalized spacial score (nSPS) is 16.3. The summed E-state index contributed by atoms with van der Waals surface area (Å²) in [7, 11) is 0. The Kier molecular flexibility index (Phi) is 5.63. The number of anilines is 1. The van der Waals surface area contributed by atoms with Gasteiger partial charge in [0.25, 0.3) is 0 Å². The van der Waals surface area contributed by atoms with Crippen molar-refractivity contribution in [2.45, 2.75) is 12.8 Å². The van der Waals surface area contributed by atoms with Crippen molar-refractivity contribution in [3.63, 3.8) is 0 Å². The molecule has 1 aromatic carbocycles. The second-order valence-electron chi connectivity index (χ2n) is 4.47. The van der Waals surface area contributed by atoms with E-state index in [9.17, 15) is 4.79 Å². The van der Waals surface area contributed by atoms with Crippen LogP contribution in [0.5, 0.6) is 0 Å². The van der Waals surface area contributed by atoms with Crippen molar-refractivity contribution in [3.8, 4) is 0 Å². The van der Waals surface area contributed by atoms with Gasteiger partial charge in [-0.1, -0.05) is 12.1 Å². The Hall–Kier alpha value is -1.75. The van der Waals surface area contributed by atoms with Gasteiger partial charge in [-0.3, -0.25) is 4.79 Å². The Bertz CT molecular complexity index is 440. The molecule has 0 amide bonds. The molecule has 1 heterocycles. The number of nitrogens with zero attached hydrogens (tertiary/aromatic N) is 2.